The summed E-state index contributed by atoms with van der Waals surface area (Å²) < 4.78 is 0. The number of nitrogens with zero attached hydrogens (tertiary/aromatic N) is 2. The number of hydrogen-bond acceptors (Lipinski definition) is 4. The van der Waals surface area contributed by atoms with Gasteiger partial charge in [0.15, 0.2) is 0 Å². The molecule has 1 heterocycles. The van der Waals surface area contributed by atoms with Crippen LogP contribution >= 0.6 is 11.6 Å². The Labute approximate surface area is 107 Å². The second-order valence-corrected chi connectivity index (χ2v) is 5.14. The average molecular weight is 258 g/mol. The maximum absolute atomic E-state index is 9.41. The first-order valence-corrected chi connectivity index (χ1v) is 6.20. The van der Waals surface area contributed by atoms with Gasteiger partial charge in [-0.1, -0.05) is 32.4 Å². The number of aromatic nitrogens is 2. The molecule has 1 aromatic rings. The number of aliphatic hydroxyl groups is 1. The summed E-state index contributed by atoms with van der Waals surface area (Å²) in [5.74, 6) is 0.935. The van der Waals surface area contributed by atoms with Gasteiger partial charge in [-0.15, -0.1) is 0 Å². The Bertz CT molecular complexity index is 378. The van der Waals surface area contributed by atoms with E-state index in [9.17, 15) is 5.11 Å². The molecule has 0 aromatic carbocycles. The molecule has 0 saturated heterocycles. The lowest BCUT2D eigenvalue weighted by atomic mass is 9.98. The zero-order chi connectivity index (χ0) is 13.1. The highest BCUT2D eigenvalue weighted by Gasteiger charge is 2.24. The maximum Gasteiger partial charge on any atom is 0.138 e. The van der Waals surface area contributed by atoms with Crippen molar-refractivity contribution in [1.29, 1.82) is 0 Å². The van der Waals surface area contributed by atoms with Gasteiger partial charge in [-0.25, -0.2) is 9.97 Å². The van der Waals surface area contributed by atoms with E-state index in [1.165, 1.54) is 6.33 Å². The van der Waals surface area contributed by atoms with Gasteiger partial charge in [-0.3, -0.25) is 0 Å². The summed E-state index contributed by atoms with van der Waals surface area (Å²) in [6.07, 6.45) is 2.23. The van der Waals surface area contributed by atoms with Crippen molar-refractivity contribution in [3.8, 4) is 0 Å². The molecule has 0 radical (unpaired) electrons. The van der Waals surface area contributed by atoms with E-state index in [0.717, 1.165) is 12.0 Å². The third kappa shape index (κ3) is 3.30. The van der Waals surface area contributed by atoms with Crippen molar-refractivity contribution < 1.29 is 5.11 Å². The smallest absolute Gasteiger partial charge is 0.138 e. The van der Waals surface area contributed by atoms with E-state index >= 15 is 0 Å². The Kier molecular flexibility index (Phi) is 4.71. The topological polar surface area (TPSA) is 58.0 Å². The van der Waals surface area contributed by atoms with Crippen molar-refractivity contribution in [3.63, 3.8) is 0 Å². The quantitative estimate of drug-likeness (QED) is 0.797. The minimum Gasteiger partial charge on any atom is -0.394 e. The van der Waals surface area contributed by atoms with Crippen LogP contribution in [0.5, 0.6) is 0 Å². The van der Waals surface area contributed by atoms with Crippen LogP contribution in [0.3, 0.4) is 0 Å². The van der Waals surface area contributed by atoms with Crippen molar-refractivity contribution in [2.75, 3.05) is 11.9 Å². The van der Waals surface area contributed by atoms with Crippen LogP contribution in [0.25, 0.3) is 0 Å². The van der Waals surface area contributed by atoms with Crippen LogP contribution in [0.1, 0.15) is 45.6 Å². The van der Waals surface area contributed by atoms with Crippen LogP contribution in [0.4, 0.5) is 5.82 Å². The Morgan fingerprint density at radius 1 is 1.47 bits per heavy atom. The van der Waals surface area contributed by atoms with Gasteiger partial charge in [-0.05, 0) is 19.3 Å². The molecule has 0 aliphatic heterocycles. The first kappa shape index (κ1) is 14.2. The van der Waals surface area contributed by atoms with Crippen LogP contribution in [0.2, 0.25) is 5.15 Å². The molecule has 0 aliphatic carbocycles. The standard InChI is InChI=1S/C12H20ClN3O/c1-5-12(4,6-17)16-11-9(8(2)3)10(13)14-7-15-11/h7-8,17H,5-6H2,1-4H3,(H,14,15,16). The molecule has 0 saturated carbocycles. The van der Waals surface area contributed by atoms with Crippen molar-refractivity contribution in [1.82, 2.24) is 9.97 Å². The molecule has 96 valence electrons. The second kappa shape index (κ2) is 5.65. The Balaban J connectivity index is 3.10. The zero-order valence-corrected chi connectivity index (χ0v) is 11.5. The molecular formula is C12H20ClN3O. The molecule has 1 atom stereocenters. The first-order valence-electron chi connectivity index (χ1n) is 5.83. The predicted octanol–water partition coefficient (Wildman–Crippen LogP) is 2.83. The lowest BCUT2D eigenvalue weighted by molar-refractivity contribution is 0.218. The highest BCUT2D eigenvalue weighted by Crippen LogP contribution is 2.30. The third-order valence-corrected chi connectivity index (χ3v) is 3.26. The largest absolute Gasteiger partial charge is 0.394 e. The Morgan fingerprint density at radius 3 is 2.59 bits per heavy atom. The minimum absolute atomic E-state index is 0.0443. The fourth-order valence-corrected chi connectivity index (χ4v) is 1.86. The summed E-state index contributed by atoms with van der Waals surface area (Å²) in [5.41, 5.74) is 0.503. The summed E-state index contributed by atoms with van der Waals surface area (Å²) >= 11 is 6.09. The highest BCUT2D eigenvalue weighted by molar-refractivity contribution is 6.30. The molecule has 1 aromatic heterocycles. The van der Waals surface area contributed by atoms with Crippen LogP contribution < -0.4 is 5.32 Å². The lowest BCUT2D eigenvalue weighted by Crippen LogP contribution is -2.38. The Hall–Kier alpha value is -0.870. The molecule has 0 fully saturated rings. The van der Waals surface area contributed by atoms with E-state index in [4.69, 9.17) is 11.6 Å². The van der Waals surface area contributed by atoms with Crippen molar-refractivity contribution >= 4 is 17.4 Å². The van der Waals surface area contributed by atoms with Gasteiger partial charge in [0.05, 0.1) is 12.1 Å². The molecule has 0 aliphatic rings. The number of anilines is 1. The fraction of sp³-hybridized carbons (Fsp3) is 0.667. The second-order valence-electron chi connectivity index (χ2n) is 4.78. The number of aliphatic hydroxyl groups excluding tert-OH is 1. The van der Waals surface area contributed by atoms with Crippen LogP contribution in [-0.2, 0) is 0 Å². The van der Waals surface area contributed by atoms with Crippen molar-refractivity contribution in [3.05, 3.63) is 17.0 Å². The van der Waals surface area contributed by atoms with Gasteiger partial charge in [0, 0.05) is 5.56 Å². The molecule has 0 spiro atoms. The van der Waals surface area contributed by atoms with E-state index in [2.05, 4.69) is 15.3 Å². The van der Waals surface area contributed by atoms with E-state index in [0.29, 0.717) is 11.0 Å². The monoisotopic (exact) mass is 257 g/mol. The predicted molar refractivity (Wildman–Crippen MR) is 70.5 cm³/mol. The number of rotatable bonds is 5. The molecule has 4 nitrogen and oxygen atoms in total. The highest BCUT2D eigenvalue weighted by atomic mass is 35.5. The summed E-state index contributed by atoms with van der Waals surface area (Å²) in [6, 6.07) is 0. The van der Waals surface area contributed by atoms with Crippen LogP contribution in [0.15, 0.2) is 6.33 Å². The third-order valence-electron chi connectivity index (χ3n) is 2.96. The summed E-state index contributed by atoms with van der Waals surface area (Å²) in [6.45, 7) is 8.09. The van der Waals surface area contributed by atoms with Crippen molar-refractivity contribution in [2.45, 2.75) is 45.6 Å². The summed E-state index contributed by atoms with van der Waals surface area (Å²) in [4.78, 5) is 8.22. The fourth-order valence-electron chi connectivity index (χ4n) is 1.51. The first-order chi connectivity index (χ1) is 7.93. The van der Waals surface area contributed by atoms with Gasteiger partial charge >= 0.3 is 0 Å². The molecule has 0 amide bonds. The molecule has 1 unspecified atom stereocenters. The zero-order valence-electron chi connectivity index (χ0n) is 10.8. The number of hydrogen-bond donors (Lipinski definition) is 2. The number of nitrogens with one attached hydrogen (secondary N) is 1. The molecule has 5 heteroatoms. The van der Waals surface area contributed by atoms with Crippen LogP contribution in [-0.4, -0.2) is 27.2 Å². The minimum atomic E-state index is -0.388. The van der Waals surface area contributed by atoms with Gasteiger partial charge in [0.25, 0.3) is 0 Å². The van der Waals surface area contributed by atoms with Crippen molar-refractivity contribution in [2.24, 2.45) is 0 Å². The van der Waals surface area contributed by atoms with Gasteiger partial charge < -0.3 is 10.4 Å². The molecule has 1 rings (SSSR count). The summed E-state index contributed by atoms with van der Waals surface area (Å²) in [7, 11) is 0. The van der Waals surface area contributed by atoms with E-state index < -0.39 is 0 Å². The van der Waals surface area contributed by atoms with Gasteiger partial charge in [-0.2, -0.15) is 0 Å². The van der Waals surface area contributed by atoms with Gasteiger partial charge in [0.1, 0.15) is 17.3 Å². The molecule has 2 N–H and O–H groups in total. The Morgan fingerprint density at radius 2 is 2.12 bits per heavy atom. The van der Waals surface area contributed by atoms with E-state index in [1.807, 2.05) is 27.7 Å². The van der Waals surface area contributed by atoms with Crippen LogP contribution in [0, 0.1) is 0 Å². The molecule has 17 heavy (non-hydrogen) atoms. The maximum atomic E-state index is 9.41. The van der Waals surface area contributed by atoms with E-state index in [-0.39, 0.29) is 18.1 Å². The molecule has 0 bridgehead atoms. The normalized spacial score (nSPS) is 14.8. The average Bonchev–Trinajstić information content (AvgIpc) is 2.28. The van der Waals surface area contributed by atoms with Gasteiger partial charge in [0.2, 0.25) is 0 Å². The van der Waals surface area contributed by atoms with E-state index in [1.54, 1.807) is 0 Å². The molecular weight excluding hydrogens is 238 g/mol. The summed E-state index contributed by atoms with van der Waals surface area (Å²) in [5, 5.41) is 13.1. The SMILES string of the molecule is CCC(C)(CO)Nc1ncnc(Cl)c1C(C)C. The lowest BCUT2D eigenvalue weighted by Gasteiger charge is -2.29. The number of halogens is 1.